The molecule has 5 nitrogen and oxygen atoms in total. The highest BCUT2D eigenvalue weighted by molar-refractivity contribution is 6.34. The van der Waals surface area contributed by atoms with Gasteiger partial charge in [0.15, 0.2) is 0 Å². The highest BCUT2D eigenvalue weighted by atomic mass is 35.5. The van der Waals surface area contributed by atoms with E-state index in [-0.39, 0.29) is 34.2 Å². The lowest BCUT2D eigenvalue weighted by molar-refractivity contribution is -0.125. The molecule has 0 bridgehead atoms. The number of phenolic OH excluding ortho intramolecular Hbond substituents is 1. The van der Waals surface area contributed by atoms with E-state index < -0.39 is 17.8 Å². The zero-order chi connectivity index (χ0) is 17.3. The fourth-order valence-electron chi connectivity index (χ4n) is 2.40. The third kappa shape index (κ3) is 3.19. The van der Waals surface area contributed by atoms with Crippen LogP contribution in [0.1, 0.15) is 17.5 Å². The first-order valence-electron chi connectivity index (χ1n) is 7.23. The van der Waals surface area contributed by atoms with Gasteiger partial charge >= 0.3 is 0 Å². The second-order valence-electron chi connectivity index (χ2n) is 5.44. The normalized spacial score (nSPS) is 16.5. The first kappa shape index (κ1) is 16.3. The maximum Gasteiger partial charge on any atom is 0.268 e. The lowest BCUT2D eigenvalue weighted by Gasteiger charge is -2.11. The number of anilines is 1. The minimum Gasteiger partial charge on any atom is -0.506 e. The SMILES string of the molecule is Cc1ccc(O)c(NC(=O)[C@H]2CC(c3c(F)cccc3Cl)=NO2)c1. The summed E-state index contributed by atoms with van der Waals surface area (Å²) < 4.78 is 13.9. The molecule has 124 valence electrons. The second kappa shape index (κ2) is 6.49. The molecule has 0 aromatic heterocycles. The molecule has 0 fully saturated rings. The van der Waals surface area contributed by atoms with Crippen LogP contribution in [0, 0.1) is 12.7 Å². The molecule has 1 atom stereocenters. The molecule has 0 saturated carbocycles. The van der Waals surface area contributed by atoms with Gasteiger partial charge in [0.1, 0.15) is 11.6 Å². The van der Waals surface area contributed by atoms with Gasteiger partial charge in [-0.1, -0.05) is 28.9 Å². The van der Waals surface area contributed by atoms with E-state index in [4.69, 9.17) is 16.4 Å². The largest absolute Gasteiger partial charge is 0.506 e. The van der Waals surface area contributed by atoms with Crippen molar-refractivity contribution in [3.8, 4) is 5.75 Å². The van der Waals surface area contributed by atoms with Gasteiger partial charge in [0, 0.05) is 6.42 Å². The summed E-state index contributed by atoms with van der Waals surface area (Å²) in [4.78, 5) is 17.4. The number of nitrogens with zero attached hydrogens (tertiary/aromatic N) is 1. The summed E-state index contributed by atoms with van der Waals surface area (Å²) in [5.41, 5.74) is 1.56. The molecule has 0 unspecified atom stereocenters. The van der Waals surface area contributed by atoms with Gasteiger partial charge in [0.2, 0.25) is 6.10 Å². The average Bonchev–Trinajstić information content (AvgIpc) is 3.00. The van der Waals surface area contributed by atoms with E-state index in [9.17, 15) is 14.3 Å². The molecule has 3 rings (SSSR count). The third-order valence-corrected chi connectivity index (χ3v) is 3.94. The Morgan fingerprint density at radius 3 is 2.96 bits per heavy atom. The number of aromatic hydroxyl groups is 1. The van der Waals surface area contributed by atoms with Crippen LogP contribution in [0.4, 0.5) is 10.1 Å². The molecule has 24 heavy (non-hydrogen) atoms. The molecule has 2 aromatic rings. The molecule has 0 spiro atoms. The van der Waals surface area contributed by atoms with Crippen molar-refractivity contribution in [2.45, 2.75) is 19.4 Å². The minimum absolute atomic E-state index is 0.0507. The highest BCUT2D eigenvalue weighted by Gasteiger charge is 2.31. The molecule has 0 radical (unpaired) electrons. The second-order valence-corrected chi connectivity index (χ2v) is 5.85. The van der Waals surface area contributed by atoms with Crippen molar-refractivity contribution in [2.75, 3.05) is 5.32 Å². The molecule has 0 saturated heterocycles. The average molecular weight is 349 g/mol. The van der Waals surface area contributed by atoms with Gasteiger partial charge in [-0.25, -0.2) is 4.39 Å². The Kier molecular flexibility index (Phi) is 4.40. The van der Waals surface area contributed by atoms with Gasteiger partial charge in [0.25, 0.3) is 5.91 Å². The zero-order valence-corrected chi connectivity index (χ0v) is 13.5. The molecular weight excluding hydrogens is 335 g/mol. The monoisotopic (exact) mass is 348 g/mol. The van der Waals surface area contributed by atoms with E-state index in [0.717, 1.165) is 5.56 Å². The summed E-state index contributed by atoms with van der Waals surface area (Å²) >= 11 is 5.99. The highest BCUT2D eigenvalue weighted by Crippen LogP contribution is 2.28. The first-order chi connectivity index (χ1) is 11.5. The van der Waals surface area contributed by atoms with Gasteiger partial charge in [-0.2, -0.15) is 0 Å². The molecule has 2 aromatic carbocycles. The van der Waals surface area contributed by atoms with Crippen molar-refractivity contribution in [1.82, 2.24) is 0 Å². The van der Waals surface area contributed by atoms with Crippen LogP contribution in [0.3, 0.4) is 0 Å². The lowest BCUT2D eigenvalue weighted by Crippen LogP contribution is -2.28. The molecule has 0 aliphatic carbocycles. The van der Waals surface area contributed by atoms with Crippen LogP contribution >= 0.6 is 11.6 Å². The van der Waals surface area contributed by atoms with E-state index in [0.29, 0.717) is 0 Å². The van der Waals surface area contributed by atoms with Crippen molar-refractivity contribution < 1.29 is 19.1 Å². The van der Waals surface area contributed by atoms with Gasteiger partial charge < -0.3 is 15.3 Å². The topological polar surface area (TPSA) is 70.9 Å². The van der Waals surface area contributed by atoms with E-state index in [2.05, 4.69) is 10.5 Å². The lowest BCUT2D eigenvalue weighted by atomic mass is 10.0. The maximum atomic E-state index is 13.9. The fraction of sp³-hybridized carbons (Fsp3) is 0.176. The molecule has 1 heterocycles. The quantitative estimate of drug-likeness (QED) is 0.832. The van der Waals surface area contributed by atoms with Gasteiger partial charge in [-0.15, -0.1) is 0 Å². The Hall–Kier alpha value is -2.60. The summed E-state index contributed by atoms with van der Waals surface area (Å²) in [6.45, 7) is 1.84. The van der Waals surface area contributed by atoms with Gasteiger partial charge in [-0.05, 0) is 36.8 Å². The van der Waals surface area contributed by atoms with Crippen LogP contribution < -0.4 is 5.32 Å². The van der Waals surface area contributed by atoms with E-state index in [1.165, 1.54) is 18.2 Å². The van der Waals surface area contributed by atoms with Crippen LogP contribution in [0.2, 0.25) is 5.02 Å². The molecule has 1 amide bonds. The number of oxime groups is 1. The number of phenols is 1. The maximum absolute atomic E-state index is 13.9. The summed E-state index contributed by atoms with van der Waals surface area (Å²) in [7, 11) is 0. The molecule has 2 N–H and O–H groups in total. The fourth-order valence-corrected chi connectivity index (χ4v) is 2.67. The summed E-state index contributed by atoms with van der Waals surface area (Å²) in [6, 6.07) is 9.14. The minimum atomic E-state index is -0.921. The Labute approximate surface area is 142 Å². The summed E-state index contributed by atoms with van der Waals surface area (Å²) in [6.07, 6.45) is -0.838. The van der Waals surface area contributed by atoms with Crippen LogP contribution in [0.5, 0.6) is 5.75 Å². The number of carbonyl (C=O) groups is 1. The van der Waals surface area contributed by atoms with Crippen molar-refractivity contribution >= 4 is 28.9 Å². The smallest absolute Gasteiger partial charge is 0.268 e. The number of rotatable bonds is 3. The number of nitrogens with one attached hydrogen (secondary N) is 1. The van der Waals surface area contributed by atoms with Crippen LogP contribution in [-0.4, -0.2) is 22.8 Å². The number of hydrogen-bond acceptors (Lipinski definition) is 4. The predicted octanol–water partition coefficient (Wildman–Crippen LogP) is 3.62. The van der Waals surface area contributed by atoms with Crippen molar-refractivity contribution in [1.29, 1.82) is 0 Å². The number of carbonyl (C=O) groups excluding carboxylic acids is 1. The Bertz CT molecular complexity index is 818. The first-order valence-corrected chi connectivity index (χ1v) is 7.61. The molecule has 1 aliphatic rings. The number of halogens is 2. The number of benzene rings is 2. The van der Waals surface area contributed by atoms with E-state index in [1.807, 2.05) is 6.92 Å². The molecular formula is C17H14ClFN2O3. The van der Waals surface area contributed by atoms with Crippen molar-refractivity contribution in [3.05, 3.63) is 58.4 Å². The van der Waals surface area contributed by atoms with Gasteiger partial charge in [-0.3, -0.25) is 4.79 Å². The standard InChI is InChI=1S/C17H14ClFN2O3/c1-9-5-6-14(22)12(7-9)20-17(23)15-8-13(21-24-15)16-10(18)3-2-4-11(16)19/h2-7,15,22H,8H2,1H3,(H,20,23)/t15-/m1/s1. The predicted molar refractivity (Wildman–Crippen MR) is 88.9 cm³/mol. The Morgan fingerprint density at radius 1 is 1.42 bits per heavy atom. The van der Waals surface area contributed by atoms with E-state index in [1.54, 1.807) is 18.2 Å². The summed E-state index contributed by atoms with van der Waals surface area (Å²) in [5, 5.41) is 16.3. The molecule has 1 aliphatic heterocycles. The number of aryl methyl sites for hydroxylation is 1. The number of amides is 1. The van der Waals surface area contributed by atoms with Crippen molar-refractivity contribution in [3.63, 3.8) is 0 Å². The third-order valence-electron chi connectivity index (χ3n) is 3.62. The van der Waals surface area contributed by atoms with Crippen LogP contribution in [-0.2, 0) is 9.63 Å². The number of hydrogen-bond donors (Lipinski definition) is 2. The zero-order valence-electron chi connectivity index (χ0n) is 12.7. The molecule has 7 heteroatoms. The van der Waals surface area contributed by atoms with E-state index >= 15 is 0 Å². The summed E-state index contributed by atoms with van der Waals surface area (Å²) in [5.74, 6) is -1.06. The van der Waals surface area contributed by atoms with Crippen LogP contribution in [0.25, 0.3) is 0 Å². The van der Waals surface area contributed by atoms with Crippen molar-refractivity contribution in [2.24, 2.45) is 5.16 Å². The van der Waals surface area contributed by atoms with Crippen LogP contribution in [0.15, 0.2) is 41.6 Å². The Morgan fingerprint density at radius 2 is 2.21 bits per heavy atom. The Balaban J connectivity index is 1.73. The van der Waals surface area contributed by atoms with Gasteiger partial charge in [0.05, 0.1) is 22.0 Å².